The first-order valence-corrected chi connectivity index (χ1v) is 18.3. The van der Waals surface area contributed by atoms with Gasteiger partial charge in [0.05, 0.1) is 0 Å². The third kappa shape index (κ3) is 2.27. The van der Waals surface area contributed by atoms with Gasteiger partial charge in [-0.15, -0.1) is 0 Å². The summed E-state index contributed by atoms with van der Waals surface area (Å²) in [5.41, 5.74) is 5.92. The maximum absolute atomic E-state index is 3.88. The van der Waals surface area contributed by atoms with Crippen molar-refractivity contribution in [3.05, 3.63) is 64.8 Å². The van der Waals surface area contributed by atoms with Crippen LogP contribution in [0.15, 0.2) is 53.6 Å². The van der Waals surface area contributed by atoms with Crippen molar-refractivity contribution < 1.29 is 17.1 Å². The molecule has 1 aromatic carbocycles. The Labute approximate surface area is 121 Å². The van der Waals surface area contributed by atoms with Crippen LogP contribution in [0.25, 0.3) is 6.08 Å². The van der Waals surface area contributed by atoms with Crippen molar-refractivity contribution >= 4 is 30.5 Å². The number of hydrogen-bond donors (Lipinski definition) is 0. The molecule has 3 heteroatoms. The van der Waals surface area contributed by atoms with Gasteiger partial charge in [-0.3, -0.25) is 0 Å². The molecule has 0 aliphatic heterocycles. The summed E-state index contributed by atoms with van der Waals surface area (Å²) >= 11 is 6.11. The molecule has 0 nitrogen and oxygen atoms in total. The van der Waals surface area contributed by atoms with Crippen molar-refractivity contribution in [1.29, 1.82) is 0 Å². The minimum absolute atomic E-state index is 0.611. The minimum atomic E-state index is -1.66. The van der Waals surface area contributed by atoms with Crippen LogP contribution in [0, 0.1) is 0 Å². The molecule has 2 aliphatic rings. The molecule has 1 atom stereocenters. The van der Waals surface area contributed by atoms with Crippen molar-refractivity contribution in [1.82, 2.24) is 0 Å². The Morgan fingerprint density at radius 2 is 2.00 bits per heavy atom. The average Bonchev–Trinajstić information content (AvgIpc) is 2.95. The van der Waals surface area contributed by atoms with Crippen LogP contribution in [0.4, 0.5) is 0 Å². The second-order valence-corrected chi connectivity index (χ2v) is 23.5. The summed E-state index contributed by atoms with van der Waals surface area (Å²) in [6.45, 7) is 0. The Hall–Kier alpha value is 0.283. The Morgan fingerprint density at radius 1 is 1.18 bits per heavy atom. The molecule has 2 aliphatic carbocycles. The van der Waals surface area contributed by atoms with Crippen molar-refractivity contribution in [3.63, 3.8) is 0 Å². The van der Waals surface area contributed by atoms with Gasteiger partial charge in [-0.2, -0.15) is 0 Å². The third-order valence-corrected chi connectivity index (χ3v) is 11.3. The van der Waals surface area contributed by atoms with Crippen LogP contribution in [-0.4, -0.2) is 0 Å². The quantitative estimate of drug-likeness (QED) is 0.602. The molecule has 3 rings (SSSR count). The Bertz CT molecular complexity index is 541. The van der Waals surface area contributed by atoms with Gasteiger partial charge < -0.3 is 0 Å². The molecular formula is C14H11Br2Zr. The molecule has 1 aromatic rings. The van der Waals surface area contributed by atoms with Gasteiger partial charge in [0.15, 0.2) is 0 Å². The van der Waals surface area contributed by atoms with Gasteiger partial charge in [0.1, 0.15) is 0 Å². The third-order valence-electron chi connectivity index (χ3n) is 3.29. The molecule has 85 valence electrons. The number of rotatable bonds is 2. The number of allylic oxidation sites excluding steroid dienone is 5. The van der Waals surface area contributed by atoms with Gasteiger partial charge in [-0.1, -0.05) is 0 Å². The van der Waals surface area contributed by atoms with Crippen molar-refractivity contribution in [2.24, 2.45) is 0 Å². The molecule has 0 saturated heterocycles. The summed E-state index contributed by atoms with van der Waals surface area (Å²) in [4.78, 5) is 0. The number of benzene rings is 1. The summed E-state index contributed by atoms with van der Waals surface area (Å²) in [5.74, 6) is 0. The van der Waals surface area contributed by atoms with Gasteiger partial charge >= 0.3 is 122 Å². The van der Waals surface area contributed by atoms with E-state index in [0.29, 0.717) is 3.63 Å². The van der Waals surface area contributed by atoms with Crippen LogP contribution in [-0.2, 0) is 17.1 Å². The van der Waals surface area contributed by atoms with E-state index in [4.69, 9.17) is 0 Å². The first-order valence-electron chi connectivity index (χ1n) is 5.62. The van der Waals surface area contributed by atoms with Gasteiger partial charge in [0.2, 0.25) is 0 Å². The van der Waals surface area contributed by atoms with Gasteiger partial charge in [0.25, 0.3) is 0 Å². The van der Waals surface area contributed by atoms with Crippen LogP contribution in [0.5, 0.6) is 0 Å². The molecule has 0 bridgehead atoms. The Morgan fingerprint density at radius 3 is 2.71 bits per heavy atom. The van der Waals surface area contributed by atoms with Crippen LogP contribution in [0.1, 0.15) is 21.2 Å². The summed E-state index contributed by atoms with van der Waals surface area (Å²) in [7, 11) is 0. The zero-order chi connectivity index (χ0) is 11.8. The van der Waals surface area contributed by atoms with E-state index in [1.165, 1.54) is 22.3 Å². The molecule has 0 amide bonds. The van der Waals surface area contributed by atoms with Crippen LogP contribution in [0.3, 0.4) is 0 Å². The molecule has 0 aromatic heterocycles. The monoisotopic (exact) mass is 427 g/mol. The maximum atomic E-state index is 3.88. The molecular weight excluding hydrogens is 419 g/mol. The number of halogens is 2. The Balaban J connectivity index is 2.06. The number of fused-ring (bicyclic) bond motifs is 1. The molecule has 0 saturated carbocycles. The summed E-state index contributed by atoms with van der Waals surface area (Å²) in [6, 6.07) is 8.78. The fourth-order valence-electron chi connectivity index (χ4n) is 2.50. The molecule has 0 fully saturated rings. The van der Waals surface area contributed by atoms with E-state index >= 15 is 0 Å². The zero-order valence-electron chi connectivity index (χ0n) is 9.16. The predicted octanol–water partition coefficient (Wildman–Crippen LogP) is 5.25. The SMILES string of the molecule is [Br][Zr]([Br])[CH]1C(C2=CC=CC2)=Cc2ccccc21. The van der Waals surface area contributed by atoms with Gasteiger partial charge in [-0.25, -0.2) is 0 Å². The summed E-state index contributed by atoms with van der Waals surface area (Å²) in [5, 5.41) is 0. The van der Waals surface area contributed by atoms with E-state index < -0.39 is 17.1 Å². The number of hydrogen-bond acceptors (Lipinski definition) is 0. The Kier molecular flexibility index (Phi) is 3.70. The first kappa shape index (κ1) is 12.3. The molecule has 1 unspecified atom stereocenters. The second-order valence-electron chi connectivity index (χ2n) is 4.28. The standard InChI is InChI=1S/C14H11.2BrH.Zr/c1-2-6-11(5-1)14-9-12-7-3-4-8-13(12)10-14;;;/h1-5,7-10H,6H2;2*1H;/q;;;+2/p-2. The second kappa shape index (κ2) is 5.11. The van der Waals surface area contributed by atoms with Gasteiger partial charge in [0, 0.05) is 0 Å². The van der Waals surface area contributed by atoms with Crippen LogP contribution in [0.2, 0.25) is 0 Å². The summed E-state index contributed by atoms with van der Waals surface area (Å²) in [6.07, 6.45) is 10.1. The zero-order valence-corrected chi connectivity index (χ0v) is 14.8. The fraction of sp³-hybridized carbons (Fsp3) is 0.143. The normalized spacial score (nSPS) is 21.2. The van der Waals surface area contributed by atoms with Gasteiger partial charge in [-0.05, 0) is 0 Å². The average molecular weight is 430 g/mol. The van der Waals surface area contributed by atoms with E-state index in [1.807, 2.05) is 0 Å². The molecule has 0 radical (unpaired) electrons. The van der Waals surface area contributed by atoms with E-state index in [2.05, 4.69) is 73.0 Å². The topological polar surface area (TPSA) is 0 Å². The van der Waals surface area contributed by atoms with E-state index in [1.54, 1.807) is 0 Å². The van der Waals surface area contributed by atoms with E-state index in [-0.39, 0.29) is 0 Å². The fourth-order valence-corrected chi connectivity index (χ4v) is 10.8. The van der Waals surface area contributed by atoms with E-state index in [9.17, 15) is 0 Å². The molecule has 17 heavy (non-hydrogen) atoms. The molecule has 0 heterocycles. The molecule has 0 spiro atoms. The van der Waals surface area contributed by atoms with E-state index in [0.717, 1.165) is 6.42 Å². The first-order chi connectivity index (χ1) is 8.27. The molecule has 0 N–H and O–H groups in total. The van der Waals surface area contributed by atoms with Crippen molar-refractivity contribution in [2.45, 2.75) is 10.0 Å². The van der Waals surface area contributed by atoms with Crippen molar-refractivity contribution in [3.8, 4) is 0 Å². The van der Waals surface area contributed by atoms with Crippen LogP contribution >= 0.6 is 24.4 Å². The van der Waals surface area contributed by atoms with Crippen LogP contribution < -0.4 is 0 Å². The van der Waals surface area contributed by atoms with Crippen molar-refractivity contribution in [2.75, 3.05) is 0 Å². The summed E-state index contributed by atoms with van der Waals surface area (Å²) < 4.78 is 0.611. The predicted molar refractivity (Wildman–Crippen MR) is 76.9 cm³/mol.